The van der Waals surface area contributed by atoms with E-state index in [1.807, 2.05) is 18.2 Å². The third kappa shape index (κ3) is 1.74. The van der Waals surface area contributed by atoms with Gasteiger partial charge >= 0.3 is 0 Å². The summed E-state index contributed by atoms with van der Waals surface area (Å²) in [5.74, 6) is 1.06. The van der Waals surface area contributed by atoms with Crippen LogP contribution in [0.15, 0.2) is 28.7 Å². The standard InChI is InChI=1S/C12H15NO/c1-2-3-4-11-8-9-7-10(13)5-6-12(9)14-11/h5-8H,2-4,13H2,1H3. The van der Waals surface area contributed by atoms with Crippen LogP contribution in [0, 0.1) is 0 Å². The molecule has 0 fully saturated rings. The van der Waals surface area contributed by atoms with Gasteiger partial charge in [-0.2, -0.15) is 0 Å². The Morgan fingerprint density at radius 2 is 2.14 bits per heavy atom. The number of rotatable bonds is 3. The highest BCUT2D eigenvalue weighted by Crippen LogP contribution is 2.22. The van der Waals surface area contributed by atoms with Crippen LogP contribution < -0.4 is 5.73 Å². The van der Waals surface area contributed by atoms with E-state index in [9.17, 15) is 0 Å². The predicted molar refractivity (Wildman–Crippen MR) is 59.2 cm³/mol. The van der Waals surface area contributed by atoms with Gasteiger partial charge in [0.25, 0.3) is 0 Å². The first-order valence-electron chi connectivity index (χ1n) is 5.07. The monoisotopic (exact) mass is 189 g/mol. The quantitative estimate of drug-likeness (QED) is 0.752. The van der Waals surface area contributed by atoms with Crippen molar-refractivity contribution < 1.29 is 4.42 Å². The lowest BCUT2D eigenvalue weighted by Crippen LogP contribution is -1.81. The molecule has 1 aromatic heterocycles. The van der Waals surface area contributed by atoms with E-state index >= 15 is 0 Å². The van der Waals surface area contributed by atoms with Crippen LogP contribution in [0.3, 0.4) is 0 Å². The Balaban J connectivity index is 2.32. The molecule has 0 saturated carbocycles. The summed E-state index contributed by atoms with van der Waals surface area (Å²) in [6.07, 6.45) is 3.39. The molecule has 0 radical (unpaired) electrons. The third-order valence-electron chi connectivity index (χ3n) is 2.37. The molecule has 1 heterocycles. The molecule has 2 aromatic rings. The largest absolute Gasteiger partial charge is 0.461 e. The summed E-state index contributed by atoms with van der Waals surface area (Å²) in [5, 5.41) is 1.11. The molecule has 0 amide bonds. The molecule has 1 aromatic carbocycles. The maximum Gasteiger partial charge on any atom is 0.134 e. The van der Waals surface area contributed by atoms with Gasteiger partial charge in [-0.15, -0.1) is 0 Å². The van der Waals surface area contributed by atoms with Gasteiger partial charge in [-0.05, 0) is 30.7 Å². The predicted octanol–water partition coefficient (Wildman–Crippen LogP) is 3.36. The molecule has 0 atom stereocenters. The molecule has 2 rings (SSSR count). The summed E-state index contributed by atoms with van der Waals surface area (Å²) in [7, 11) is 0. The van der Waals surface area contributed by atoms with Crippen molar-refractivity contribution in [1.82, 2.24) is 0 Å². The summed E-state index contributed by atoms with van der Waals surface area (Å²) in [6, 6.07) is 7.84. The average Bonchev–Trinajstić information content (AvgIpc) is 2.56. The summed E-state index contributed by atoms with van der Waals surface area (Å²) >= 11 is 0. The van der Waals surface area contributed by atoms with E-state index in [2.05, 4.69) is 13.0 Å². The number of furan rings is 1. The Hall–Kier alpha value is -1.44. The van der Waals surface area contributed by atoms with Crippen LogP contribution in [0.2, 0.25) is 0 Å². The van der Waals surface area contributed by atoms with Crippen molar-refractivity contribution in [1.29, 1.82) is 0 Å². The highest BCUT2D eigenvalue weighted by atomic mass is 16.3. The van der Waals surface area contributed by atoms with Crippen LogP contribution in [0.25, 0.3) is 11.0 Å². The smallest absolute Gasteiger partial charge is 0.134 e. The Kier molecular flexibility index (Phi) is 2.44. The van der Waals surface area contributed by atoms with Crippen LogP contribution in [0.1, 0.15) is 25.5 Å². The molecular formula is C12H15NO. The van der Waals surface area contributed by atoms with Crippen LogP contribution in [0.4, 0.5) is 5.69 Å². The Morgan fingerprint density at radius 1 is 1.29 bits per heavy atom. The highest BCUT2D eigenvalue weighted by Gasteiger charge is 2.02. The Bertz CT molecular complexity index is 431. The fraction of sp³-hybridized carbons (Fsp3) is 0.333. The van der Waals surface area contributed by atoms with E-state index in [0.29, 0.717) is 0 Å². The second-order valence-corrected chi connectivity index (χ2v) is 3.61. The third-order valence-corrected chi connectivity index (χ3v) is 2.37. The van der Waals surface area contributed by atoms with Crippen LogP contribution >= 0.6 is 0 Å². The zero-order valence-corrected chi connectivity index (χ0v) is 8.42. The molecule has 74 valence electrons. The zero-order valence-electron chi connectivity index (χ0n) is 8.42. The number of aryl methyl sites for hydroxylation is 1. The molecule has 14 heavy (non-hydrogen) atoms. The molecule has 0 saturated heterocycles. The number of unbranched alkanes of at least 4 members (excludes halogenated alkanes) is 1. The Morgan fingerprint density at radius 3 is 2.93 bits per heavy atom. The minimum Gasteiger partial charge on any atom is -0.461 e. The fourth-order valence-corrected chi connectivity index (χ4v) is 1.59. The minimum absolute atomic E-state index is 0.792. The van der Waals surface area contributed by atoms with Crippen LogP contribution in [0.5, 0.6) is 0 Å². The van der Waals surface area contributed by atoms with E-state index in [4.69, 9.17) is 10.2 Å². The highest BCUT2D eigenvalue weighted by molar-refractivity contribution is 5.81. The molecule has 0 bridgehead atoms. The first-order chi connectivity index (χ1) is 6.79. The van der Waals surface area contributed by atoms with Crippen LogP contribution in [-0.4, -0.2) is 0 Å². The van der Waals surface area contributed by atoms with Gasteiger partial charge in [0.05, 0.1) is 0 Å². The zero-order chi connectivity index (χ0) is 9.97. The average molecular weight is 189 g/mol. The van der Waals surface area contributed by atoms with Crippen molar-refractivity contribution in [2.45, 2.75) is 26.2 Å². The van der Waals surface area contributed by atoms with Crippen molar-refractivity contribution in [3.63, 3.8) is 0 Å². The van der Waals surface area contributed by atoms with Crippen molar-refractivity contribution in [2.24, 2.45) is 0 Å². The van der Waals surface area contributed by atoms with Gasteiger partial charge in [-0.25, -0.2) is 0 Å². The van der Waals surface area contributed by atoms with Gasteiger partial charge in [-0.3, -0.25) is 0 Å². The SMILES string of the molecule is CCCCc1cc2cc(N)ccc2o1. The number of nitrogen functional groups attached to an aromatic ring is 1. The molecule has 0 aliphatic carbocycles. The second-order valence-electron chi connectivity index (χ2n) is 3.61. The molecule has 0 spiro atoms. The summed E-state index contributed by atoms with van der Waals surface area (Å²) in [6.45, 7) is 2.18. The van der Waals surface area contributed by atoms with E-state index in [1.165, 1.54) is 12.8 Å². The van der Waals surface area contributed by atoms with E-state index in [0.717, 1.165) is 28.8 Å². The first kappa shape index (κ1) is 9.13. The number of benzene rings is 1. The molecule has 0 aliphatic heterocycles. The first-order valence-corrected chi connectivity index (χ1v) is 5.07. The molecule has 0 aliphatic rings. The number of nitrogens with two attached hydrogens (primary N) is 1. The maximum atomic E-state index is 5.69. The molecule has 2 heteroatoms. The lowest BCUT2D eigenvalue weighted by molar-refractivity contribution is 0.536. The van der Waals surface area contributed by atoms with E-state index in [-0.39, 0.29) is 0 Å². The number of anilines is 1. The van der Waals surface area contributed by atoms with Gasteiger partial charge in [0.1, 0.15) is 11.3 Å². The number of hydrogen-bond acceptors (Lipinski definition) is 2. The fourth-order valence-electron chi connectivity index (χ4n) is 1.59. The molecular weight excluding hydrogens is 174 g/mol. The normalized spacial score (nSPS) is 10.9. The van der Waals surface area contributed by atoms with Crippen molar-refractivity contribution in [2.75, 3.05) is 5.73 Å². The topological polar surface area (TPSA) is 39.2 Å². The lowest BCUT2D eigenvalue weighted by atomic mass is 10.2. The second kappa shape index (κ2) is 3.74. The van der Waals surface area contributed by atoms with Crippen LogP contribution in [-0.2, 0) is 6.42 Å². The lowest BCUT2D eigenvalue weighted by Gasteiger charge is -1.91. The van der Waals surface area contributed by atoms with Gasteiger partial charge in [0, 0.05) is 17.5 Å². The van der Waals surface area contributed by atoms with Crippen molar-refractivity contribution in [3.8, 4) is 0 Å². The minimum atomic E-state index is 0.792. The number of fused-ring (bicyclic) bond motifs is 1. The van der Waals surface area contributed by atoms with E-state index < -0.39 is 0 Å². The summed E-state index contributed by atoms with van der Waals surface area (Å²) < 4.78 is 5.67. The van der Waals surface area contributed by atoms with Gasteiger partial charge in [-0.1, -0.05) is 13.3 Å². The van der Waals surface area contributed by atoms with Crippen molar-refractivity contribution >= 4 is 16.7 Å². The van der Waals surface area contributed by atoms with Gasteiger partial charge in [0.15, 0.2) is 0 Å². The molecule has 2 N–H and O–H groups in total. The van der Waals surface area contributed by atoms with Crippen molar-refractivity contribution in [3.05, 3.63) is 30.0 Å². The van der Waals surface area contributed by atoms with E-state index in [1.54, 1.807) is 0 Å². The van der Waals surface area contributed by atoms with Gasteiger partial charge in [0.2, 0.25) is 0 Å². The maximum absolute atomic E-state index is 5.69. The van der Waals surface area contributed by atoms with Gasteiger partial charge < -0.3 is 10.2 Å². The molecule has 2 nitrogen and oxygen atoms in total. The Labute approximate surface area is 83.7 Å². The number of hydrogen-bond donors (Lipinski definition) is 1. The summed E-state index contributed by atoms with van der Waals surface area (Å²) in [4.78, 5) is 0. The molecule has 0 unspecified atom stereocenters. The summed E-state index contributed by atoms with van der Waals surface area (Å²) in [5.41, 5.74) is 7.42.